The fourth-order valence-electron chi connectivity index (χ4n) is 3.22. The summed E-state index contributed by atoms with van der Waals surface area (Å²) in [6, 6.07) is 11.9. The number of phenolic OH excluding ortho intramolecular Hbond substituents is 1. The number of rotatable bonds is 4. The van der Waals surface area contributed by atoms with Crippen molar-refractivity contribution >= 4 is 0 Å². The van der Waals surface area contributed by atoms with E-state index in [2.05, 4.69) is 21.0 Å². The number of nitrogens with one attached hydrogen (secondary N) is 1. The average molecular weight is 377 g/mol. The summed E-state index contributed by atoms with van der Waals surface area (Å²) in [5, 5.41) is 22.8. The Balaban J connectivity index is 1.99. The number of halogens is 3. The quantitative estimate of drug-likeness (QED) is 0.857. The van der Waals surface area contributed by atoms with Crippen LogP contribution < -0.4 is 10.1 Å². The van der Waals surface area contributed by atoms with Gasteiger partial charge in [-0.2, -0.15) is 5.26 Å². The number of phenols is 1. The van der Waals surface area contributed by atoms with Gasteiger partial charge in [-0.05, 0) is 35.9 Å². The van der Waals surface area contributed by atoms with E-state index >= 15 is 0 Å². The molecule has 2 aromatic carbocycles. The van der Waals surface area contributed by atoms with Gasteiger partial charge in [-0.25, -0.2) is 0 Å². The summed E-state index contributed by atoms with van der Waals surface area (Å²) in [5.41, 5.74) is 1.65. The summed E-state index contributed by atoms with van der Waals surface area (Å²) >= 11 is 0. The van der Waals surface area contributed by atoms with Crippen LogP contribution in [0, 0.1) is 11.3 Å². The molecule has 1 saturated heterocycles. The molecular formula is C19H18F3N3O2. The molecule has 0 spiro atoms. The predicted octanol–water partition coefficient (Wildman–Crippen LogP) is 3.16. The van der Waals surface area contributed by atoms with Crippen LogP contribution in [0.5, 0.6) is 11.5 Å². The van der Waals surface area contributed by atoms with Crippen molar-refractivity contribution in [2.24, 2.45) is 0 Å². The van der Waals surface area contributed by atoms with Crippen LogP contribution in [0.25, 0.3) is 0 Å². The third-order valence-electron chi connectivity index (χ3n) is 4.40. The van der Waals surface area contributed by atoms with Gasteiger partial charge < -0.3 is 15.2 Å². The third kappa shape index (κ3) is 4.70. The largest absolute Gasteiger partial charge is 0.573 e. The lowest BCUT2D eigenvalue weighted by molar-refractivity contribution is -0.274. The molecule has 0 aliphatic carbocycles. The lowest BCUT2D eigenvalue weighted by Crippen LogP contribution is -2.45. The molecule has 5 nitrogen and oxygen atoms in total. The van der Waals surface area contributed by atoms with Gasteiger partial charge in [-0.15, -0.1) is 13.2 Å². The molecule has 0 unspecified atom stereocenters. The zero-order chi connectivity index (χ0) is 19.4. The number of benzene rings is 2. The maximum Gasteiger partial charge on any atom is 0.573 e. The molecule has 1 fully saturated rings. The van der Waals surface area contributed by atoms with Crippen molar-refractivity contribution in [3.05, 3.63) is 59.2 Å². The Labute approximate surface area is 154 Å². The number of hydrogen-bond donors (Lipinski definition) is 2. The van der Waals surface area contributed by atoms with E-state index in [0.29, 0.717) is 29.8 Å². The van der Waals surface area contributed by atoms with E-state index in [1.54, 1.807) is 18.2 Å². The van der Waals surface area contributed by atoms with Crippen LogP contribution in [0.2, 0.25) is 0 Å². The molecule has 27 heavy (non-hydrogen) atoms. The van der Waals surface area contributed by atoms with Crippen molar-refractivity contribution in [1.82, 2.24) is 10.2 Å². The lowest BCUT2D eigenvalue weighted by atomic mass is 9.94. The van der Waals surface area contributed by atoms with E-state index in [-0.39, 0.29) is 17.5 Å². The monoisotopic (exact) mass is 377 g/mol. The molecule has 3 rings (SSSR count). The maximum absolute atomic E-state index is 12.4. The van der Waals surface area contributed by atoms with Gasteiger partial charge in [0.2, 0.25) is 0 Å². The van der Waals surface area contributed by atoms with Crippen molar-refractivity contribution in [2.75, 3.05) is 26.2 Å². The predicted molar refractivity (Wildman–Crippen MR) is 92.2 cm³/mol. The molecule has 2 N–H and O–H groups in total. The first kappa shape index (κ1) is 19.0. The highest BCUT2D eigenvalue weighted by Gasteiger charge is 2.31. The minimum Gasteiger partial charge on any atom is -0.508 e. The van der Waals surface area contributed by atoms with Crippen LogP contribution in [-0.2, 0) is 0 Å². The van der Waals surface area contributed by atoms with Crippen molar-refractivity contribution in [3.63, 3.8) is 0 Å². The van der Waals surface area contributed by atoms with Crippen LogP contribution in [0.4, 0.5) is 13.2 Å². The molecule has 1 aliphatic rings. The highest BCUT2D eigenvalue weighted by Crippen LogP contribution is 2.36. The number of ether oxygens (including phenoxy) is 1. The molecule has 1 heterocycles. The van der Waals surface area contributed by atoms with Gasteiger partial charge in [0.25, 0.3) is 0 Å². The topological polar surface area (TPSA) is 68.5 Å². The molecule has 0 saturated carbocycles. The Morgan fingerprint density at radius 2 is 1.78 bits per heavy atom. The SMILES string of the molecule is N#Cc1ccc(O)c([C@@H](c2ccc(OC(F)(F)F)cc2)N2CCNCC2)c1. The average Bonchev–Trinajstić information content (AvgIpc) is 2.64. The van der Waals surface area contributed by atoms with Gasteiger partial charge in [0.15, 0.2) is 0 Å². The van der Waals surface area contributed by atoms with Gasteiger partial charge in [0.05, 0.1) is 17.7 Å². The number of hydrogen-bond acceptors (Lipinski definition) is 5. The van der Waals surface area contributed by atoms with Crippen molar-refractivity contribution < 1.29 is 23.0 Å². The third-order valence-corrected chi connectivity index (χ3v) is 4.40. The Hall–Kier alpha value is -2.76. The van der Waals surface area contributed by atoms with Crippen LogP contribution in [-0.4, -0.2) is 42.5 Å². The van der Waals surface area contributed by atoms with E-state index in [4.69, 9.17) is 0 Å². The number of piperazine rings is 1. The van der Waals surface area contributed by atoms with Crippen molar-refractivity contribution in [2.45, 2.75) is 12.4 Å². The smallest absolute Gasteiger partial charge is 0.508 e. The second-order valence-corrected chi connectivity index (χ2v) is 6.19. The number of nitrogens with zero attached hydrogens (tertiary/aromatic N) is 2. The highest BCUT2D eigenvalue weighted by molar-refractivity contribution is 5.47. The zero-order valence-electron chi connectivity index (χ0n) is 14.3. The fraction of sp³-hybridized carbons (Fsp3) is 0.316. The summed E-state index contributed by atoms with van der Waals surface area (Å²) in [4.78, 5) is 2.12. The Kier molecular flexibility index (Phi) is 5.54. The van der Waals surface area contributed by atoms with Crippen LogP contribution in [0.1, 0.15) is 22.7 Å². The first-order valence-electron chi connectivity index (χ1n) is 8.41. The van der Waals surface area contributed by atoms with Crippen LogP contribution in [0.3, 0.4) is 0 Å². The molecule has 2 aromatic rings. The summed E-state index contributed by atoms with van der Waals surface area (Å²) in [5.74, 6) is -0.270. The minimum atomic E-state index is -4.75. The second kappa shape index (κ2) is 7.86. The molecular weight excluding hydrogens is 359 g/mol. The molecule has 0 aromatic heterocycles. The highest BCUT2D eigenvalue weighted by atomic mass is 19.4. The minimum absolute atomic E-state index is 0.0353. The molecule has 1 atom stereocenters. The second-order valence-electron chi connectivity index (χ2n) is 6.19. The van der Waals surface area contributed by atoms with Gasteiger partial charge in [0, 0.05) is 31.7 Å². The molecule has 0 amide bonds. The van der Waals surface area contributed by atoms with Crippen molar-refractivity contribution in [1.29, 1.82) is 5.26 Å². The molecule has 142 valence electrons. The van der Waals surface area contributed by atoms with Crippen LogP contribution in [0.15, 0.2) is 42.5 Å². The summed E-state index contributed by atoms with van der Waals surface area (Å²) in [6.45, 7) is 2.90. The van der Waals surface area contributed by atoms with E-state index < -0.39 is 6.36 Å². The molecule has 0 bridgehead atoms. The number of nitriles is 1. The standard InChI is InChI=1S/C19H18F3N3O2/c20-19(21,22)27-15-4-2-14(3-5-15)18(25-9-7-24-8-10-25)16-11-13(12-23)1-6-17(16)26/h1-6,11,18,24,26H,7-10H2/t18-/m1/s1. The summed E-state index contributed by atoms with van der Waals surface area (Å²) in [7, 11) is 0. The van der Waals surface area contributed by atoms with E-state index in [1.807, 2.05) is 0 Å². The molecule has 0 radical (unpaired) electrons. The van der Waals surface area contributed by atoms with E-state index in [1.165, 1.54) is 24.3 Å². The van der Waals surface area contributed by atoms with Crippen LogP contribution >= 0.6 is 0 Å². The van der Waals surface area contributed by atoms with Gasteiger partial charge >= 0.3 is 6.36 Å². The summed E-state index contributed by atoms with van der Waals surface area (Å²) in [6.07, 6.45) is -4.75. The van der Waals surface area contributed by atoms with Crippen molar-refractivity contribution in [3.8, 4) is 17.6 Å². The normalized spacial score (nSPS) is 16.5. The first-order valence-corrected chi connectivity index (χ1v) is 8.41. The molecule has 1 aliphatic heterocycles. The fourth-order valence-corrected chi connectivity index (χ4v) is 3.22. The number of alkyl halides is 3. The van der Waals surface area contributed by atoms with Gasteiger partial charge in [0.1, 0.15) is 11.5 Å². The Bertz CT molecular complexity index is 826. The van der Waals surface area contributed by atoms with Gasteiger partial charge in [-0.1, -0.05) is 12.1 Å². The number of aromatic hydroxyl groups is 1. The first-order chi connectivity index (χ1) is 12.9. The lowest BCUT2D eigenvalue weighted by Gasteiger charge is -2.36. The maximum atomic E-state index is 12.4. The molecule has 8 heteroatoms. The van der Waals surface area contributed by atoms with Gasteiger partial charge in [-0.3, -0.25) is 4.90 Å². The Morgan fingerprint density at radius 1 is 1.11 bits per heavy atom. The summed E-state index contributed by atoms with van der Waals surface area (Å²) < 4.78 is 41.1. The van der Waals surface area contributed by atoms with E-state index in [9.17, 15) is 23.5 Å². The Morgan fingerprint density at radius 3 is 2.37 bits per heavy atom. The zero-order valence-corrected chi connectivity index (χ0v) is 14.3. The van der Waals surface area contributed by atoms with E-state index in [0.717, 1.165) is 13.1 Å².